The molecule has 0 radical (unpaired) electrons. The first-order valence-corrected chi connectivity index (χ1v) is 14.7. The van der Waals surface area contributed by atoms with Gasteiger partial charge in [0.2, 0.25) is 0 Å². The molecule has 0 aromatic rings. The van der Waals surface area contributed by atoms with Crippen molar-refractivity contribution < 1.29 is 64.7 Å². The van der Waals surface area contributed by atoms with Gasteiger partial charge in [0.05, 0.1) is 25.2 Å². The Bertz CT molecular complexity index is 895. The van der Waals surface area contributed by atoms with Crippen LogP contribution in [-0.4, -0.2) is 184 Å². The zero-order valence-corrected chi connectivity index (χ0v) is 24.9. The second-order valence-corrected chi connectivity index (χ2v) is 11.6. The molecular weight excluding hydrogens is 592 g/mol. The molecule has 14 atom stereocenters. The first kappa shape index (κ1) is 37.1. The summed E-state index contributed by atoms with van der Waals surface area (Å²) in [4.78, 5) is 12.6. The molecule has 1 saturated carbocycles. The van der Waals surface area contributed by atoms with Gasteiger partial charge < -0.3 is 82.1 Å². The number of hydroxylamine groups is 2. The molecule has 3 rings (SSSR count). The van der Waals surface area contributed by atoms with E-state index < -0.39 is 91.2 Å². The van der Waals surface area contributed by atoms with Crippen LogP contribution in [0.25, 0.3) is 0 Å². The molecule has 2 aliphatic heterocycles. The van der Waals surface area contributed by atoms with Crippen LogP contribution in [0.2, 0.25) is 0 Å². The fourth-order valence-corrected chi connectivity index (χ4v) is 5.72. The maximum absolute atomic E-state index is 12.6. The third-order valence-electron chi connectivity index (χ3n) is 8.15. The number of nitrogens with one attached hydrogen (secondary N) is 3. The van der Waals surface area contributed by atoms with E-state index in [9.17, 15) is 40.6 Å². The Morgan fingerprint density at radius 3 is 2.36 bits per heavy atom. The Hall–Kier alpha value is -1.37. The van der Waals surface area contributed by atoms with E-state index in [1.165, 1.54) is 14.0 Å². The molecule has 19 nitrogen and oxygen atoms in total. The maximum atomic E-state index is 12.6. The first-order valence-electron chi connectivity index (χ1n) is 14.7. The molecule has 3 fully saturated rings. The summed E-state index contributed by atoms with van der Waals surface area (Å²) in [5.74, 6) is 0. The van der Waals surface area contributed by atoms with Gasteiger partial charge in [-0.15, -0.1) is 0 Å². The number of amides is 2. The van der Waals surface area contributed by atoms with E-state index in [1.807, 2.05) is 0 Å². The number of ether oxygens (including phenoxy) is 4. The minimum absolute atomic E-state index is 0.0394. The molecule has 2 saturated heterocycles. The summed E-state index contributed by atoms with van der Waals surface area (Å²) >= 11 is 0. The van der Waals surface area contributed by atoms with Gasteiger partial charge in [-0.1, -0.05) is 0 Å². The van der Waals surface area contributed by atoms with E-state index in [2.05, 4.69) is 16.0 Å². The molecule has 0 aromatic heterocycles. The molecule has 0 bridgehead atoms. The lowest BCUT2D eigenvalue weighted by atomic mass is 9.83. The van der Waals surface area contributed by atoms with Gasteiger partial charge in [0.25, 0.3) is 0 Å². The molecule has 19 heteroatoms. The number of urea groups is 1. The predicted molar refractivity (Wildman–Crippen MR) is 149 cm³/mol. The van der Waals surface area contributed by atoms with Gasteiger partial charge >= 0.3 is 6.03 Å². The number of likely N-dealkylation sites (N-methyl/N-ethyl adjacent to an activating group) is 1. The number of nitrogens with zero attached hydrogens (tertiary/aromatic N) is 1. The molecule has 14 unspecified atom stereocenters. The number of hydrogen-bond donors (Lipinski definition) is 13. The third-order valence-corrected chi connectivity index (χ3v) is 8.15. The van der Waals surface area contributed by atoms with E-state index >= 15 is 0 Å². The molecule has 44 heavy (non-hydrogen) atoms. The van der Waals surface area contributed by atoms with Gasteiger partial charge in [0.15, 0.2) is 12.6 Å². The van der Waals surface area contributed by atoms with Crippen LogP contribution < -0.4 is 27.4 Å². The number of hydrogen-bond acceptors (Lipinski definition) is 17. The topological polar surface area (TPSA) is 307 Å². The largest absolute Gasteiger partial charge is 0.396 e. The normalized spacial score (nSPS) is 43.0. The summed E-state index contributed by atoms with van der Waals surface area (Å²) < 4.78 is 23.2. The van der Waals surface area contributed by atoms with Crippen molar-refractivity contribution in [2.45, 2.75) is 105 Å². The predicted octanol–water partition coefficient (Wildman–Crippen LogP) is -6.59. The average Bonchev–Trinajstić information content (AvgIpc) is 2.97. The van der Waals surface area contributed by atoms with Crippen LogP contribution in [-0.2, 0) is 18.9 Å². The molecular formula is C25H50N6O13. The van der Waals surface area contributed by atoms with Crippen molar-refractivity contribution >= 4 is 6.03 Å². The lowest BCUT2D eigenvalue weighted by Crippen LogP contribution is -2.70. The molecule has 1 aliphatic carbocycles. The number of aliphatic hydroxyl groups is 7. The average molecular weight is 643 g/mol. The zero-order valence-electron chi connectivity index (χ0n) is 24.9. The quantitative estimate of drug-likeness (QED) is 0.0504. The van der Waals surface area contributed by atoms with Crippen molar-refractivity contribution in [3.63, 3.8) is 0 Å². The van der Waals surface area contributed by atoms with Crippen molar-refractivity contribution in [3.8, 4) is 0 Å². The van der Waals surface area contributed by atoms with Gasteiger partial charge in [-0.25, -0.2) is 9.86 Å². The standard InChI is InChI=1S/C25H50N6O13/c1-25(39)10-41-22(18(37)21(25)28-2)44-20-12(30-24(38)31(40)6-4-26)8-11(27)19(17(20)36)43-23-16(35)15(34)14(33)13(42-23)9-29-5-3-7-32/h11-23,28-29,32-37,39-40H,3-10,26-27H2,1-2H3,(H,30,38). The second kappa shape index (κ2) is 16.5. The van der Waals surface area contributed by atoms with Crippen molar-refractivity contribution in [1.29, 1.82) is 0 Å². The monoisotopic (exact) mass is 642 g/mol. The molecule has 258 valence electrons. The van der Waals surface area contributed by atoms with Crippen LogP contribution in [0.4, 0.5) is 4.79 Å². The van der Waals surface area contributed by atoms with E-state index in [0.29, 0.717) is 18.0 Å². The van der Waals surface area contributed by atoms with E-state index in [1.54, 1.807) is 0 Å². The fraction of sp³-hybridized carbons (Fsp3) is 0.960. The Balaban J connectivity index is 1.81. The lowest BCUT2D eigenvalue weighted by molar-refractivity contribution is -0.330. The summed E-state index contributed by atoms with van der Waals surface area (Å²) in [5, 5.41) is 92.2. The summed E-state index contributed by atoms with van der Waals surface area (Å²) in [6, 6.07) is -3.96. The van der Waals surface area contributed by atoms with Crippen molar-refractivity contribution in [2.24, 2.45) is 11.5 Å². The summed E-state index contributed by atoms with van der Waals surface area (Å²) in [5.41, 5.74) is 10.3. The lowest BCUT2D eigenvalue weighted by Gasteiger charge is -2.49. The number of carbonyl (C=O) groups excluding carboxylic acids is 1. The maximum Gasteiger partial charge on any atom is 0.341 e. The molecule has 2 amide bonds. The Kier molecular flexibility index (Phi) is 13.9. The summed E-state index contributed by atoms with van der Waals surface area (Å²) in [7, 11) is 1.52. The molecule has 0 spiro atoms. The van der Waals surface area contributed by atoms with Gasteiger partial charge in [0.1, 0.15) is 54.4 Å². The molecule has 2 heterocycles. The van der Waals surface area contributed by atoms with Crippen LogP contribution >= 0.6 is 0 Å². The van der Waals surface area contributed by atoms with E-state index in [0.717, 1.165) is 0 Å². The third kappa shape index (κ3) is 8.70. The van der Waals surface area contributed by atoms with Crippen molar-refractivity contribution in [2.75, 3.05) is 46.4 Å². The number of aliphatic hydroxyl groups excluding tert-OH is 6. The number of nitrogens with two attached hydrogens (primary N) is 2. The molecule has 3 aliphatic rings. The Labute approximate surface area is 254 Å². The van der Waals surface area contributed by atoms with Crippen molar-refractivity contribution in [1.82, 2.24) is 21.0 Å². The second-order valence-electron chi connectivity index (χ2n) is 11.6. The van der Waals surface area contributed by atoms with Crippen LogP contribution in [0.1, 0.15) is 19.8 Å². The highest BCUT2D eigenvalue weighted by molar-refractivity contribution is 5.73. The SMILES string of the molecule is CNC1C(O)C(OC2C(NC(=O)N(O)CCN)CC(N)C(OC3OC(CNCCCO)C(O)C(O)C3O)C2O)OCC1(C)O. The minimum Gasteiger partial charge on any atom is -0.396 e. The highest BCUT2D eigenvalue weighted by atomic mass is 16.7. The van der Waals surface area contributed by atoms with Crippen LogP contribution in [0.15, 0.2) is 0 Å². The first-order chi connectivity index (χ1) is 20.8. The van der Waals surface area contributed by atoms with Crippen molar-refractivity contribution in [3.05, 3.63) is 0 Å². The highest BCUT2D eigenvalue weighted by Gasteiger charge is 2.53. The molecule has 15 N–H and O–H groups in total. The van der Waals surface area contributed by atoms with Gasteiger partial charge in [0, 0.05) is 25.7 Å². The number of rotatable bonds is 13. The number of carbonyl (C=O) groups is 1. The van der Waals surface area contributed by atoms with Crippen LogP contribution in [0.5, 0.6) is 0 Å². The smallest absolute Gasteiger partial charge is 0.341 e. The van der Waals surface area contributed by atoms with Gasteiger partial charge in [-0.2, -0.15) is 0 Å². The molecule has 0 aromatic carbocycles. The summed E-state index contributed by atoms with van der Waals surface area (Å²) in [6.07, 6.45) is -14.4. The minimum atomic E-state index is -1.74. The summed E-state index contributed by atoms with van der Waals surface area (Å²) in [6.45, 7) is 1.34. The Morgan fingerprint density at radius 1 is 1.05 bits per heavy atom. The highest BCUT2D eigenvalue weighted by Crippen LogP contribution is 2.32. The van der Waals surface area contributed by atoms with Gasteiger partial charge in [-0.3, -0.25) is 5.21 Å². The van der Waals surface area contributed by atoms with Crippen LogP contribution in [0, 0.1) is 0 Å². The van der Waals surface area contributed by atoms with Crippen LogP contribution in [0.3, 0.4) is 0 Å². The van der Waals surface area contributed by atoms with Gasteiger partial charge in [-0.05, 0) is 33.4 Å². The van der Waals surface area contributed by atoms with E-state index in [-0.39, 0.29) is 39.3 Å². The zero-order chi connectivity index (χ0) is 32.8. The van der Waals surface area contributed by atoms with E-state index in [4.69, 9.17) is 35.5 Å². The fourth-order valence-electron chi connectivity index (χ4n) is 5.72. The Morgan fingerprint density at radius 2 is 1.73 bits per heavy atom.